The van der Waals surface area contributed by atoms with Crippen molar-refractivity contribution in [2.45, 2.75) is 15.2 Å². The van der Waals surface area contributed by atoms with Crippen LogP contribution in [0.15, 0.2) is 228 Å². The van der Waals surface area contributed by atoms with Crippen LogP contribution in [0, 0.1) is 0 Å². The highest BCUT2D eigenvalue weighted by molar-refractivity contribution is 7.99. The number of para-hydroxylation sites is 1. The Labute approximate surface area is 375 Å². The van der Waals surface area contributed by atoms with Gasteiger partial charge >= 0.3 is 0 Å². The van der Waals surface area contributed by atoms with Crippen LogP contribution in [0.5, 0.6) is 0 Å². The smallest absolute Gasteiger partial charge is 0.164 e. The molecule has 11 aromatic rings. The number of nitrogens with zero attached hydrogens (tertiary/aromatic N) is 4. The molecule has 3 heterocycles. The number of rotatable bonds is 5. The van der Waals surface area contributed by atoms with E-state index in [9.17, 15) is 0 Å². The number of hydrogen-bond acceptors (Lipinski definition) is 5. The summed E-state index contributed by atoms with van der Waals surface area (Å²) in [6.07, 6.45) is 0. The second-order valence-corrected chi connectivity index (χ2v) is 17.6. The molecule has 0 unspecified atom stereocenters. The molecule has 0 bridgehead atoms. The van der Waals surface area contributed by atoms with Crippen molar-refractivity contribution >= 4 is 33.4 Å². The molecular weight excluding hydrogens is 797 g/mol. The highest BCUT2D eigenvalue weighted by Crippen LogP contribution is 2.62. The van der Waals surface area contributed by atoms with Crippen molar-refractivity contribution < 1.29 is 0 Å². The average molecular weight is 833 g/mol. The van der Waals surface area contributed by atoms with Gasteiger partial charge < -0.3 is 0 Å². The summed E-state index contributed by atoms with van der Waals surface area (Å²) >= 11 is 1.87. The molecule has 4 nitrogen and oxygen atoms in total. The first-order valence-corrected chi connectivity index (χ1v) is 22.4. The van der Waals surface area contributed by atoms with Crippen molar-refractivity contribution in [1.82, 2.24) is 19.9 Å². The topological polar surface area (TPSA) is 51.6 Å². The van der Waals surface area contributed by atoms with E-state index < -0.39 is 5.41 Å². The zero-order chi connectivity index (χ0) is 42.2. The lowest BCUT2D eigenvalue weighted by Crippen LogP contribution is -2.31. The molecule has 0 fully saturated rings. The first-order chi connectivity index (χ1) is 31.7. The van der Waals surface area contributed by atoms with Crippen molar-refractivity contribution in [3.05, 3.63) is 241 Å². The van der Waals surface area contributed by atoms with Gasteiger partial charge in [-0.05, 0) is 80.2 Å². The standard InChI is InChI=1S/C59H36N4S/c1-3-15-37(16-4-1)38-27-31-41(32-28-38)57-61-56(40-17-5-2-6-18-40)62-58(63-57)42-33-29-39(30-34-42)55-47-35-46-43-19-7-9-21-48(43)59(51(46)36-45(47)44-20-8-12-24-52(44)60-55)49-22-10-13-25-53(49)64-54-26-14-11-23-50(54)59/h1-36H. The predicted molar refractivity (Wildman–Crippen MR) is 261 cm³/mol. The first-order valence-electron chi connectivity index (χ1n) is 21.6. The molecule has 1 spiro atoms. The summed E-state index contributed by atoms with van der Waals surface area (Å²) in [5.74, 6) is 1.88. The van der Waals surface area contributed by atoms with E-state index in [4.69, 9.17) is 19.9 Å². The van der Waals surface area contributed by atoms with Crippen LogP contribution in [0.1, 0.15) is 22.3 Å². The summed E-state index contributed by atoms with van der Waals surface area (Å²) in [5.41, 5.74) is 15.4. The Morgan fingerprint density at radius 3 is 1.41 bits per heavy atom. The van der Waals surface area contributed by atoms with Crippen LogP contribution in [-0.4, -0.2) is 19.9 Å². The maximum atomic E-state index is 5.43. The Balaban J connectivity index is 0.974. The number of pyridine rings is 1. The molecule has 5 heteroatoms. The molecule has 0 radical (unpaired) electrons. The van der Waals surface area contributed by atoms with E-state index in [1.807, 2.05) is 48.2 Å². The van der Waals surface area contributed by atoms with Gasteiger partial charge in [0.1, 0.15) is 0 Å². The third kappa shape index (κ3) is 5.64. The van der Waals surface area contributed by atoms with Gasteiger partial charge in [-0.1, -0.05) is 200 Å². The number of fused-ring (bicyclic) bond motifs is 12. The van der Waals surface area contributed by atoms with E-state index in [-0.39, 0.29) is 0 Å². The van der Waals surface area contributed by atoms with Crippen LogP contribution in [0.2, 0.25) is 0 Å². The molecule has 9 aromatic carbocycles. The predicted octanol–water partition coefficient (Wildman–Crippen LogP) is 14.7. The molecule has 2 aliphatic rings. The van der Waals surface area contributed by atoms with Crippen LogP contribution < -0.4 is 0 Å². The Kier molecular flexibility index (Phi) is 8.33. The molecule has 0 saturated heterocycles. The lowest BCUT2D eigenvalue weighted by atomic mass is 9.67. The Morgan fingerprint density at radius 2 is 0.766 bits per heavy atom. The molecule has 64 heavy (non-hydrogen) atoms. The van der Waals surface area contributed by atoms with Crippen LogP contribution in [0.25, 0.3) is 89.4 Å². The van der Waals surface area contributed by atoms with Gasteiger partial charge in [0.05, 0.1) is 16.6 Å². The monoisotopic (exact) mass is 832 g/mol. The van der Waals surface area contributed by atoms with Gasteiger partial charge in [-0.3, -0.25) is 0 Å². The third-order valence-corrected chi connectivity index (χ3v) is 14.2. The highest BCUT2D eigenvalue weighted by atomic mass is 32.2. The lowest BCUT2D eigenvalue weighted by molar-refractivity contribution is 0.723. The van der Waals surface area contributed by atoms with Crippen molar-refractivity contribution in [1.29, 1.82) is 0 Å². The summed E-state index contributed by atoms with van der Waals surface area (Å²) in [5, 5.41) is 3.45. The zero-order valence-electron chi connectivity index (χ0n) is 34.5. The van der Waals surface area contributed by atoms with Crippen molar-refractivity contribution in [3.63, 3.8) is 0 Å². The van der Waals surface area contributed by atoms with Gasteiger partial charge in [0, 0.05) is 42.8 Å². The number of benzene rings is 9. The highest BCUT2D eigenvalue weighted by Gasteiger charge is 2.50. The Bertz CT molecular complexity index is 3580. The molecule has 2 aromatic heterocycles. The second-order valence-electron chi connectivity index (χ2n) is 16.5. The summed E-state index contributed by atoms with van der Waals surface area (Å²) in [4.78, 5) is 23.2. The maximum absolute atomic E-state index is 5.43. The second kappa shape index (κ2) is 14.6. The fourth-order valence-electron chi connectivity index (χ4n) is 10.1. The lowest BCUT2D eigenvalue weighted by Gasteiger charge is -2.39. The minimum atomic E-state index is -0.462. The SMILES string of the molecule is c1ccc(-c2ccc(-c3nc(-c4ccccc4)nc(-c4ccc(-c5nc6ccccc6c6cc7c(cc56)-c5ccccc5C75c6ccccc6Sc6ccccc65)cc4)n3)cc2)cc1. The first kappa shape index (κ1) is 36.6. The largest absolute Gasteiger partial charge is 0.247 e. The zero-order valence-corrected chi connectivity index (χ0v) is 35.3. The molecule has 298 valence electrons. The minimum absolute atomic E-state index is 0.462. The molecule has 0 N–H and O–H groups in total. The van der Waals surface area contributed by atoms with E-state index in [1.54, 1.807) is 0 Å². The normalized spacial score (nSPS) is 13.1. The molecule has 1 aliphatic carbocycles. The van der Waals surface area contributed by atoms with E-state index in [0.29, 0.717) is 17.5 Å². The number of aromatic nitrogens is 4. The quantitative estimate of drug-likeness (QED) is 0.162. The molecule has 0 saturated carbocycles. The molecule has 0 amide bonds. The van der Waals surface area contributed by atoms with Crippen LogP contribution in [-0.2, 0) is 5.41 Å². The van der Waals surface area contributed by atoms with Crippen molar-refractivity contribution in [3.8, 4) is 67.7 Å². The van der Waals surface area contributed by atoms with Gasteiger partial charge in [0.25, 0.3) is 0 Å². The van der Waals surface area contributed by atoms with Gasteiger partial charge in [-0.2, -0.15) is 0 Å². The molecular formula is C59H36N4S. The summed E-state index contributed by atoms with van der Waals surface area (Å²) in [6, 6.07) is 78.0. The fourth-order valence-corrected chi connectivity index (χ4v) is 11.3. The number of hydrogen-bond donors (Lipinski definition) is 0. The third-order valence-electron chi connectivity index (χ3n) is 13.0. The van der Waals surface area contributed by atoms with Gasteiger partial charge in [0.15, 0.2) is 17.5 Å². The molecule has 13 rings (SSSR count). The fraction of sp³-hybridized carbons (Fsp3) is 0.0169. The maximum Gasteiger partial charge on any atom is 0.164 e. The average Bonchev–Trinajstić information content (AvgIpc) is 3.65. The minimum Gasteiger partial charge on any atom is -0.247 e. The van der Waals surface area contributed by atoms with E-state index >= 15 is 0 Å². The Hall–Kier alpha value is -7.99. The van der Waals surface area contributed by atoms with Gasteiger partial charge in [0.2, 0.25) is 0 Å². The Morgan fingerprint density at radius 1 is 0.297 bits per heavy atom. The van der Waals surface area contributed by atoms with Gasteiger partial charge in [-0.15, -0.1) is 0 Å². The van der Waals surface area contributed by atoms with E-state index in [1.165, 1.54) is 54.1 Å². The van der Waals surface area contributed by atoms with Crippen molar-refractivity contribution in [2.24, 2.45) is 0 Å². The summed E-state index contributed by atoms with van der Waals surface area (Å²) in [6.45, 7) is 0. The molecule has 1 aliphatic heterocycles. The molecule has 0 atom stereocenters. The van der Waals surface area contributed by atoms with Crippen molar-refractivity contribution in [2.75, 3.05) is 0 Å². The van der Waals surface area contributed by atoms with Crippen LogP contribution in [0.4, 0.5) is 0 Å². The van der Waals surface area contributed by atoms with Crippen LogP contribution >= 0.6 is 11.8 Å². The van der Waals surface area contributed by atoms with E-state index in [2.05, 4.69) is 182 Å². The van der Waals surface area contributed by atoms with Gasteiger partial charge in [-0.25, -0.2) is 19.9 Å². The van der Waals surface area contributed by atoms with Crippen LogP contribution in [0.3, 0.4) is 0 Å². The summed E-state index contributed by atoms with van der Waals surface area (Å²) in [7, 11) is 0. The summed E-state index contributed by atoms with van der Waals surface area (Å²) < 4.78 is 0. The van der Waals surface area contributed by atoms with E-state index in [0.717, 1.165) is 49.8 Å².